The molecule has 2 rings (SSSR count). The Hall–Kier alpha value is -1.82. The number of nitrogens with one attached hydrogen (secondary N) is 1. The molecule has 0 fully saturated rings. The van der Waals surface area contributed by atoms with Gasteiger partial charge in [-0.25, -0.2) is 4.68 Å². The summed E-state index contributed by atoms with van der Waals surface area (Å²) in [6.45, 7) is 3.91. The largest absolute Gasteiger partial charge is 0.433 e. The minimum atomic E-state index is -4.44. The summed E-state index contributed by atoms with van der Waals surface area (Å²) in [7, 11) is 1.60. The van der Waals surface area contributed by atoms with Crippen molar-refractivity contribution in [3.05, 3.63) is 46.8 Å². The lowest BCUT2D eigenvalue weighted by Gasteiger charge is -2.13. The summed E-state index contributed by atoms with van der Waals surface area (Å²) in [6.07, 6.45) is -3.18. The lowest BCUT2D eigenvalue weighted by Crippen LogP contribution is -2.17. The zero-order chi connectivity index (χ0) is 14.9. The summed E-state index contributed by atoms with van der Waals surface area (Å²) in [5, 5.41) is 6.63. The number of nitrogens with zero attached hydrogens (tertiary/aromatic N) is 2. The molecule has 1 aromatic carbocycles. The summed E-state index contributed by atoms with van der Waals surface area (Å²) >= 11 is 0. The fraction of sp³-hybridized carbons (Fsp3) is 0.357. The molecule has 0 aliphatic rings. The van der Waals surface area contributed by atoms with Gasteiger partial charge in [-0.15, -0.1) is 0 Å². The molecule has 0 saturated heterocycles. The van der Waals surface area contributed by atoms with Gasteiger partial charge < -0.3 is 5.32 Å². The highest BCUT2D eigenvalue weighted by Gasteiger charge is 2.38. The molecule has 1 N–H and O–H groups in total. The number of hydrogen-bond donors (Lipinski definition) is 1. The van der Waals surface area contributed by atoms with Gasteiger partial charge in [-0.1, -0.05) is 6.07 Å². The molecule has 0 radical (unpaired) electrons. The van der Waals surface area contributed by atoms with Crippen molar-refractivity contribution in [3.8, 4) is 5.69 Å². The Kier molecular flexibility index (Phi) is 3.85. The fourth-order valence-electron chi connectivity index (χ4n) is 2.06. The lowest BCUT2D eigenvalue weighted by molar-refractivity contribution is -0.143. The smallest absolute Gasteiger partial charge is 0.316 e. The van der Waals surface area contributed by atoms with Crippen molar-refractivity contribution in [2.45, 2.75) is 26.6 Å². The molecule has 3 nitrogen and oxygen atoms in total. The molecular formula is C14H16F3N3. The lowest BCUT2D eigenvalue weighted by atomic mass is 10.1. The number of aromatic nitrogens is 2. The van der Waals surface area contributed by atoms with E-state index in [1.807, 2.05) is 13.8 Å². The number of halogens is 3. The Bertz CT molecular complexity index is 615. The van der Waals surface area contributed by atoms with Crippen LogP contribution in [0.5, 0.6) is 0 Å². The maximum atomic E-state index is 13.2. The molecule has 0 atom stereocenters. The second kappa shape index (κ2) is 5.28. The molecule has 6 heteroatoms. The summed E-state index contributed by atoms with van der Waals surface area (Å²) in [5.74, 6) is 0. The van der Waals surface area contributed by atoms with Gasteiger partial charge in [-0.2, -0.15) is 18.3 Å². The van der Waals surface area contributed by atoms with Crippen molar-refractivity contribution in [1.29, 1.82) is 0 Å². The molecule has 0 aliphatic heterocycles. The standard InChI is InChI=1S/C14H16F3N3/c1-9-4-5-12(6-10(9)2)20-13(14(15,16)17)11(7-18-3)8-19-20/h4-6,8,18H,7H2,1-3H3. The van der Waals surface area contributed by atoms with E-state index in [0.29, 0.717) is 5.69 Å². The maximum Gasteiger partial charge on any atom is 0.433 e. The van der Waals surface area contributed by atoms with Crippen molar-refractivity contribution in [2.24, 2.45) is 0 Å². The first-order valence-corrected chi connectivity index (χ1v) is 6.21. The fourth-order valence-corrected chi connectivity index (χ4v) is 2.06. The van der Waals surface area contributed by atoms with Gasteiger partial charge in [0.1, 0.15) is 0 Å². The van der Waals surface area contributed by atoms with E-state index in [1.54, 1.807) is 25.2 Å². The van der Waals surface area contributed by atoms with E-state index in [2.05, 4.69) is 10.4 Å². The maximum absolute atomic E-state index is 13.2. The topological polar surface area (TPSA) is 29.9 Å². The highest BCUT2D eigenvalue weighted by atomic mass is 19.4. The Morgan fingerprint density at radius 2 is 1.90 bits per heavy atom. The first-order chi connectivity index (χ1) is 9.34. The minimum absolute atomic E-state index is 0.125. The van der Waals surface area contributed by atoms with Crippen molar-refractivity contribution in [1.82, 2.24) is 15.1 Å². The summed E-state index contributed by atoms with van der Waals surface area (Å²) in [6, 6.07) is 5.15. The number of aryl methyl sites for hydroxylation is 2. The van der Waals surface area contributed by atoms with Crippen LogP contribution in [0.1, 0.15) is 22.4 Å². The summed E-state index contributed by atoms with van der Waals surface area (Å²) in [4.78, 5) is 0. The average molecular weight is 283 g/mol. The van der Waals surface area contributed by atoms with Crippen LogP contribution in [-0.2, 0) is 12.7 Å². The van der Waals surface area contributed by atoms with Crippen LogP contribution in [-0.4, -0.2) is 16.8 Å². The second-order valence-electron chi connectivity index (χ2n) is 4.73. The summed E-state index contributed by atoms with van der Waals surface area (Å²) < 4.78 is 40.7. The van der Waals surface area contributed by atoms with Gasteiger partial charge in [0, 0.05) is 12.1 Å². The molecule has 1 aromatic heterocycles. The highest BCUT2D eigenvalue weighted by molar-refractivity contribution is 5.41. The normalized spacial score (nSPS) is 11.9. The van der Waals surface area contributed by atoms with Gasteiger partial charge in [0.2, 0.25) is 0 Å². The molecule has 0 unspecified atom stereocenters. The van der Waals surface area contributed by atoms with Gasteiger partial charge in [0.25, 0.3) is 0 Å². The molecule has 0 amide bonds. The molecular weight excluding hydrogens is 267 g/mol. The van der Waals surface area contributed by atoms with Gasteiger partial charge in [0.05, 0.1) is 11.9 Å². The molecule has 20 heavy (non-hydrogen) atoms. The van der Waals surface area contributed by atoms with Gasteiger partial charge in [0.15, 0.2) is 5.69 Å². The SMILES string of the molecule is CNCc1cnn(-c2ccc(C)c(C)c2)c1C(F)(F)F. The van der Waals surface area contributed by atoms with Crippen LogP contribution in [0.25, 0.3) is 5.69 Å². The Labute approximate surface area is 115 Å². The van der Waals surface area contributed by atoms with Gasteiger partial charge in [-0.3, -0.25) is 0 Å². The summed E-state index contributed by atoms with van der Waals surface area (Å²) in [5.41, 5.74) is 1.79. The third-order valence-corrected chi connectivity index (χ3v) is 3.22. The molecule has 0 aliphatic carbocycles. The van der Waals surface area contributed by atoms with Crippen LogP contribution in [0, 0.1) is 13.8 Å². The first kappa shape index (κ1) is 14.6. The van der Waals surface area contributed by atoms with Crippen molar-refractivity contribution in [2.75, 3.05) is 7.05 Å². The Morgan fingerprint density at radius 1 is 1.20 bits per heavy atom. The second-order valence-corrected chi connectivity index (χ2v) is 4.73. The van der Waals surface area contributed by atoms with E-state index in [-0.39, 0.29) is 12.1 Å². The third kappa shape index (κ3) is 2.70. The molecule has 0 saturated carbocycles. The molecule has 0 spiro atoms. The van der Waals surface area contributed by atoms with E-state index in [1.165, 1.54) is 6.20 Å². The van der Waals surface area contributed by atoms with Crippen LogP contribution in [0.2, 0.25) is 0 Å². The molecule has 2 aromatic rings. The quantitative estimate of drug-likeness (QED) is 0.937. The van der Waals surface area contributed by atoms with Crippen molar-refractivity contribution in [3.63, 3.8) is 0 Å². The predicted octanol–water partition coefficient (Wildman–Crippen LogP) is 3.23. The van der Waals surface area contributed by atoms with E-state index < -0.39 is 11.9 Å². The number of benzene rings is 1. The predicted molar refractivity (Wildman–Crippen MR) is 70.8 cm³/mol. The van der Waals surface area contributed by atoms with Crippen LogP contribution in [0.4, 0.5) is 13.2 Å². The number of alkyl halides is 3. The average Bonchev–Trinajstić information content (AvgIpc) is 2.77. The van der Waals surface area contributed by atoms with Crippen molar-refractivity contribution >= 4 is 0 Å². The van der Waals surface area contributed by atoms with Gasteiger partial charge >= 0.3 is 6.18 Å². The monoisotopic (exact) mass is 283 g/mol. The van der Waals surface area contributed by atoms with Crippen LogP contribution >= 0.6 is 0 Å². The third-order valence-electron chi connectivity index (χ3n) is 3.22. The van der Waals surface area contributed by atoms with Gasteiger partial charge in [-0.05, 0) is 44.2 Å². The van der Waals surface area contributed by atoms with E-state index >= 15 is 0 Å². The first-order valence-electron chi connectivity index (χ1n) is 6.21. The molecule has 108 valence electrons. The Morgan fingerprint density at radius 3 is 2.45 bits per heavy atom. The highest BCUT2D eigenvalue weighted by Crippen LogP contribution is 2.33. The molecule has 1 heterocycles. The zero-order valence-corrected chi connectivity index (χ0v) is 11.5. The molecule has 0 bridgehead atoms. The minimum Gasteiger partial charge on any atom is -0.316 e. The van der Waals surface area contributed by atoms with Crippen LogP contribution in [0.3, 0.4) is 0 Å². The zero-order valence-electron chi connectivity index (χ0n) is 11.5. The van der Waals surface area contributed by atoms with E-state index in [0.717, 1.165) is 15.8 Å². The number of hydrogen-bond acceptors (Lipinski definition) is 2. The van der Waals surface area contributed by atoms with Crippen LogP contribution in [0.15, 0.2) is 24.4 Å². The van der Waals surface area contributed by atoms with Crippen molar-refractivity contribution < 1.29 is 13.2 Å². The van der Waals surface area contributed by atoms with E-state index in [9.17, 15) is 13.2 Å². The van der Waals surface area contributed by atoms with Crippen LogP contribution < -0.4 is 5.32 Å². The van der Waals surface area contributed by atoms with E-state index in [4.69, 9.17) is 0 Å². The number of rotatable bonds is 3. The Balaban J connectivity index is 2.59.